The van der Waals surface area contributed by atoms with Gasteiger partial charge in [-0.25, -0.2) is 20.0 Å². The number of aromatic nitrogens is 3. The van der Waals surface area contributed by atoms with Gasteiger partial charge in [-0.2, -0.15) is 0 Å². The van der Waals surface area contributed by atoms with Crippen LogP contribution in [0.5, 0.6) is 11.5 Å². The molecule has 1 aliphatic heterocycles. The van der Waals surface area contributed by atoms with Crippen LogP contribution >= 0.6 is 22.7 Å². The molecule has 63 heavy (non-hydrogen) atoms. The zero-order chi connectivity index (χ0) is 42.9. The largest absolute Gasteiger partial charge is 0.497 e. The van der Waals surface area contributed by atoms with E-state index >= 15 is 0 Å². The average molecular weight is 862 g/mol. The summed E-state index contributed by atoms with van der Waals surface area (Å²) in [6.45, 7) is 0. The molecule has 0 aliphatic carbocycles. The molecule has 0 saturated carbocycles. The van der Waals surface area contributed by atoms with E-state index in [4.69, 9.17) is 29.4 Å². The number of rotatable bonds is 10. The highest BCUT2D eigenvalue weighted by atomic mass is 32.1. The average Bonchev–Trinajstić information content (AvgIpc) is 4.12. The predicted molar refractivity (Wildman–Crippen MR) is 254 cm³/mol. The number of nitrogens with one attached hydrogen (secondary N) is 3. The smallest absolute Gasteiger partial charge is 0.256 e. The topological polar surface area (TPSA) is 143 Å². The zero-order valence-corrected chi connectivity index (χ0v) is 35.4. The van der Waals surface area contributed by atoms with E-state index in [1.54, 1.807) is 62.8 Å². The second kappa shape index (κ2) is 16.8. The molecule has 11 nitrogen and oxygen atoms in total. The number of nitrogens with zero attached hydrogens (tertiary/aromatic N) is 4. The molecule has 9 aromatic rings. The van der Waals surface area contributed by atoms with Gasteiger partial charge in [-0.3, -0.25) is 9.59 Å². The summed E-state index contributed by atoms with van der Waals surface area (Å²) in [5, 5.41) is 7.61. The maximum Gasteiger partial charge on any atom is 0.256 e. The number of hydrogen-bond donors (Lipinski definition) is 3. The van der Waals surface area contributed by atoms with E-state index in [1.165, 1.54) is 22.7 Å². The van der Waals surface area contributed by atoms with Crippen molar-refractivity contribution in [1.29, 1.82) is 0 Å². The Morgan fingerprint density at radius 2 is 1.06 bits per heavy atom. The summed E-state index contributed by atoms with van der Waals surface area (Å²) in [6.07, 6.45) is 0. The lowest BCUT2D eigenvalue weighted by Crippen LogP contribution is -2.30. The number of amidine groups is 2. The number of methoxy groups -OCH3 is 2. The Labute approximate surface area is 369 Å². The number of thiazole rings is 2. The molecule has 0 unspecified atom stereocenters. The third-order valence-electron chi connectivity index (χ3n) is 10.4. The highest BCUT2D eigenvalue weighted by molar-refractivity contribution is 7.21. The quantitative estimate of drug-likeness (QED) is 0.125. The van der Waals surface area contributed by atoms with E-state index < -0.39 is 0 Å². The number of fused-ring (bicyclic) bond motifs is 2. The van der Waals surface area contributed by atoms with Gasteiger partial charge < -0.3 is 25.1 Å². The normalized spacial score (nSPS) is 13.1. The predicted octanol–water partition coefficient (Wildman–Crippen LogP) is 11.3. The van der Waals surface area contributed by atoms with E-state index in [1.807, 2.05) is 109 Å². The first-order chi connectivity index (χ1) is 30.9. The number of anilines is 1. The Hall–Kier alpha value is -8.00. The summed E-state index contributed by atoms with van der Waals surface area (Å²) >= 11 is 3.02. The summed E-state index contributed by atoms with van der Waals surface area (Å²) in [5.41, 5.74) is 6.79. The van der Waals surface area contributed by atoms with E-state index in [-0.39, 0.29) is 11.8 Å². The number of aliphatic imine (C=N–C) groups is 2. The molecule has 0 spiro atoms. The molecule has 3 N–H and O–H groups in total. The number of carbonyl (C=O) groups excluding carboxylic acids is 2. The fraction of sp³-hybridized carbons (Fsp3) is 0.0400. The number of benzene rings is 6. The van der Waals surface area contributed by atoms with Crippen molar-refractivity contribution in [1.82, 2.24) is 20.3 Å². The monoisotopic (exact) mass is 861 g/mol. The number of aromatic amines is 1. The van der Waals surface area contributed by atoms with Gasteiger partial charge in [-0.15, -0.1) is 22.7 Å². The van der Waals surface area contributed by atoms with Crippen LogP contribution in [0.4, 0.5) is 11.6 Å². The van der Waals surface area contributed by atoms with Crippen molar-refractivity contribution in [2.24, 2.45) is 9.98 Å². The molecule has 4 heterocycles. The van der Waals surface area contributed by atoms with Crippen molar-refractivity contribution in [3.63, 3.8) is 0 Å². The fourth-order valence-corrected chi connectivity index (χ4v) is 9.43. The van der Waals surface area contributed by atoms with Gasteiger partial charge >= 0.3 is 0 Å². The molecule has 13 heteroatoms. The van der Waals surface area contributed by atoms with E-state index in [0.717, 1.165) is 31.6 Å². The lowest BCUT2D eigenvalue weighted by Gasteiger charge is -2.10. The van der Waals surface area contributed by atoms with Crippen molar-refractivity contribution >= 4 is 89.4 Å². The number of ether oxygens (including phenoxy) is 2. The summed E-state index contributed by atoms with van der Waals surface area (Å²) in [4.78, 5) is 52.3. The molecule has 0 bridgehead atoms. The van der Waals surface area contributed by atoms with Gasteiger partial charge in [0.15, 0.2) is 5.84 Å². The van der Waals surface area contributed by atoms with Gasteiger partial charge in [-0.05, 0) is 83.9 Å². The first-order valence-corrected chi connectivity index (χ1v) is 21.5. The second-order valence-corrected chi connectivity index (χ2v) is 16.4. The Kier molecular flexibility index (Phi) is 10.4. The molecule has 6 aromatic carbocycles. The molecule has 2 amide bonds. The zero-order valence-electron chi connectivity index (χ0n) is 33.7. The van der Waals surface area contributed by atoms with Gasteiger partial charge in [0, 0.05) is 22.3 Å². The molecule has 0 radical (unpaired) electrons. The summed E-state index contributed by atoms with van der Waals surface area (Å²) < 4.78 is 12.7. The summed E-state index contributed by atoms with van der Waals surface area (Å²) in [5.74, 6) is 1.99. The number of para-hydroxylation sites is 2. The molecular weight excluding hydrogens is 827 g/mol. The SMILES string of the molecule is COc1ccc(C(=O)NC2=NC(=Nc3[nH]c(NC(=O)c4ccc(OC)cc4)c(-c4nc5ccccc5s4)c3-c3ccccc3)C(c3ccccc3)=C2c2nc3ccccc3s2)cc1. The van der Waals surface area contributed by atoms with Crippen molar-refractivity contribution in [2.75, 3.05) is 19.5 Å². The maximum atomic E-state index is 14.1. The van der Waals surface area contributed by atoms with Crippen molar-refractivity contribution in [3.8, 4) is 33.2 Å². The molecule has 306 valence electrons. The molecule has 0 saturated heterocycles. The Morgan fingerprint density at radius 3 is 1.63 bits per heavy atom. The standard InChI is InChI=1S/C50H35N7O4S2/c1-60-33-25-21-31(22-26-33)47(58)56-45-41(49-51-35-17-9-11-19-37(35)62-49)39(29-13-5-3-6-14-29)43(54-45)53-44-40(30-15-7-4-8-16-30)42(50-52-36-18-10-12-20-38(36)63-50)46(55-44)57-48(59)32-23-27-34(61-2)28-24-32/h3-28,54H,1-2H3,(H,56,58)(H,53,55,57,59). The Morgan fingerprint density at radius 1 is 0.556 bits per heavy atom. The molecule has 1 aliphatic rings. The van der Waals surface area contributed by atoms with Gasteiger partial charge in [0.05, 0.1) is 45.8 Å². The first kappa shape index (κ1) is 39.2. The molecule has 0 atom stereocenters. The van der Waals surface area contributed by atoms with Gasteiger partial charge in [0.25, 0.3) is 11.8 Å². The van der Waals surface area contributed by atoms with Crippen LogP contribution in [0.2, 0.25) is 0 Å². The lowest BCUT2D eigenvalue weighted by molar-refractivity contribution is 0.0976. The highest BCUT2D eigenvalue weighted by Crippen LogP contribution is 2.48. The van der Waals surface area contributed by atoms with Crippen LogP contribution in [0, 0.1) is 0 Å². The van der Waals surface area contributed by atoms with Crippen molar-refractivity contribution < 1.29 is 19.1 Å². The maximum absolute atomic E-state index is 14.1. The highest BCUT2D eigenvalue weighted by Gasteiger charge is 2.33. The Balaban J connectivity index is 1.21. The van der Waals surface area contributed by atoms with Crippen molar-refractivity contribution in [3.05, 3.63) is 179 Å². The third-order valence-corrected chi connectivity index (χ3v) is 12.5. The van der Waals surface area contributed by atoms with E-state index in [9.17, 15) is 9.59 Å². The van der Waals surface area contributed by atoms with Crippen LogP contribution in [-0.2, 0) is 0 Å². The van der Waals surface area contributed by atoms with Gasteiger partial charge in [0.2, 0.25) is 0 Å². The molecule has 10 rings (SSSR count). The minimum Gasteiger partial charge on any atom is -0.497 e. The first-order valence-electron chi connectivity index (χ1n) is 19.9. The van der Waals surface area contributed by atoms with Crippen LogP contribution < -0.4 is 20.1 Å². The van der Waals surface area contributed by atoms with Crippen LogP contribution in [0.25, 0.3) is 53.3 Å². The Bertz CT molecular complexity index is 3210. The second-order valence-electron chi connectivity index (χ2n) is 14.3. The number of hydrogen-bond acceptors (Lipinski definition) is 9. The number of H-pyrrole nitrogens is 1. The lowest BCUT2D eigenvalue weighted by atomic mass is 10.00. The molecular formula is C50H35N7O4S2. The van der Waals surface area contributed by atoms with Crippen LogP contribution in [0.15, 0.2) is 168 Å². The minimum absolute atomic E-state index is 0.291. The summed E-state index contributed by atoms with van der Waals surface area (Å²) in [6, 6.07) is 49.3. The minimum atomic E-state index is -0.366. The van der Waals surface area contributed by atoms with Gasteiger partial charge in [-0.1, -0.05) is 84.9 Å². The number of amides is 2. The fourth-order valence-electron chi connectivity index (χ4n) is 7.38. The van der Waals surface area contributed by atoms with Gasteiger partial charge in [0.1, 0.15) is 39.0 Å². The van der Waals surface area contributed by atoms with Crippen molar-refractivity contribution in [2.45, 2.75) is 0 Å². The van der Waals surface area contributed by atoms with E-state index in [0.29, 0.717) is 78.2 Å². The van der Waals surface area contributed by atoms with Crippen LogP contribution in [-0.4, -0.2) is 52.7 Å². The third kappa shape index (κ3) is 7.67. The van der Waals surface area contributed by atoms with Crippen LogP contribution in [0.3, 0.4) is 0 Å². The number of carbonyl (C=O) groups is 2. The summed E-state index contributed by atoms with van der Waals surface area (Å²) in [7, 11) is 3.16. The molecule has 0 fully saturated rings. The van der Waals surface area contributed by atoms with E-state index in [2.05, 4.69) is 15.6 Å². The molecule has 3 aromatic heterocycles. The van der Waals surface area contributed by atoms with Crippen LogP contribution in [0.1, 0.15) is 31.3 Å².